The summed E-state index contributed by atoms with van der Waals surface area (Å²) in [6.45, 7) is 2.61. The molecule has 1 aromatic rings. The Morgan fingerprint density at radius 2 is 2.15 bits per heavy atom. The molecule has 1 aromatic carbocycles. The van der Waals surface area contributed by atoms with Gasteiger partial charge in [-0.3, -0.25) is 4.79 Å². The topological polar surface area (TPSA) is 70.0 Å². The van der Waals surface area contributed by atoms with E-state index in [2.05, 4.69) is 11.8 Å². The van der Waals surface area contributed by atoms with Crippen LogP contribution in [-0.4, -0.2) is 47.8 Å². The number of rotatable bonds is 8. The highest BCUT2D eigenvalue weighted by Gasteiger charge is 2.15. The number of methoxy groups -OCH3 is 1. The minimum Gasteiger partial charge on any atom is -0.504 e. The Morgan fingerprint density at radius 3 is 2.70 bits per heavy atom. The fourth-order valence-electron chi connectivity index (χ4n) is 2.19. The molecule has 20 heavy (non-hydrogen) atoms. The molecule has 112 valence electrons. The highest BCUT2D eigenvalue weighted by atomic mass is 16.5. The molecule has 0 aliphatic rings. The number of phenols is 1. The number of likely N-dealkylation sites (N-methyl/N-ethyl adjacent to an activating group) is 1. The number of aromatic hydroxyl groups is 1. The average Bonchev–Trinajstić information content (AvgIpc) is 2.43. The van der Waals surface area contributed by atoms with Crippen molar-refractivity contribution < 1.29 is 19.7 Å². The normalized spacial score (nSPS) is 12.4. The number of ether oxygens (including phenoxy) is 1. The van der Waals surface area contributed by atoms with Crippen LogP contribution in [0.15, 0.2) is 18.2 Å². The van der Waals surface area contributed by atoms with Crippen molar-refractivity contribution in [2.24, 2.45) is 0 Å². The molecule has 0 aliphatic carbocycles. The van der Waals surface area contributed by atoms with Gasteiger partial charge < -0.3 is 19.8 Å². The van der Waals surface area contributed by atoms with Gasteiger partial charge in [-0.2, -0.15) is 0 Å². The molecule has 0 saturated carbocycles. The van der Waals surface area contributed by atoms with Crippen molar-refractivity contribution in [1.29, 1.82) is 0 Å². The highest BCUT2D eigenvalue weighted by Crippen LogP contribution is 2.27. The Kier molecular flexibility index (Phi) is 6.31. The third-order valence-electron chi connectivity index (χ3n) is 3.49. The van der Waals surface area contributed by atoms with Crippen LogP contribution in [0.3, 0.4) is 0 Å². The first kappa shape index (κ1) is 16.3. The van der Waals surface area contributed by atoms with Crippen LogP contribution >= 0.6 is 0 Å². The third-order valence-corrected chi connectivity index (χ3v) is 3.49. The van der Waals surface area contributed by atoms with Gasteiger partial charge in [0.15, 0.2) is 11.5 Å². The predicted molar refractivity (Wildman–Crippen MR) is 77.3 cm³/mol. The summed E-state index contributed by atoms with van der Waals surface area (Å²) in [5, 5.41) is 18.3. The summed E-state index contributed by atoms with van der Waals surface area (Å²) in [5.41, 5.74) is 1.06. The molecule has 1 rings (SSSR count). The number of carbonyl (C=O) groups is 1. The molecule has 0 bridgehead atoms. The average molecular weight is 281 g/mol. The fourth-order valence-corrected chi connectivity index (χ4v) is 2.19. The zero-order valence-corrected chi connectivity index (χ0v) is 12.3. The number of phenolic OH excluding ortho intramolecular Hbond substituents is 1. The molecular formula is C15H23NO4. The van der Waals surface area contributed by atoms with Crippen LogP contribution < -0.4 is 4.74 Å². The molecule has 0 amide bonds. The smallest absolute Gasteiger partial charge is 0.304 e. The molecule has 5 nitrogen and oxygen atoms in total. The second-order valence-electron chi connectivity index (χ2n) is 4.90. The molecule has 2 N–H and O–H groups in total. The summed E-state index contributed by atoms with van der Waals surface area (Å²) >= 11 is 0. The largest absolute Gasteiger partial charge is 0.504 e. The van der Waals surface area contributed by atoms with Crippen LogP contribution in [0.4, 0.5) is 0 Å². The summed E-state index contributed by atoms with van der Waals surface area (Å²) in [7, 11) is 3.46. The van der Waals surface area contributed by atoms with Crippen molar-refractivity contribution in [3.63, 3.8) is 0 Å². The first-order valence-electron chi connectivity index (χ1n) is 6.75. The van der Waals surface area contributed by atoms with Gasteiger partial charge in [0.1, 0.15) is 0 Å². The Labute approximate surface area is 119 Å². The van der Waals surface area contributed by atoms with E-state index >= 15 is 0 Å². The number of aliphatic carboxylic acids is 1. The maximum atomic E-state index is 10.6. The van der Waals surface area contributed by atoms with Crippen molar-refractivity contribution in [3.8, 4) is 11.5 Å². The fraction of sp³-hybridized carbons (Fsp3) is 0.533. The molecule has 0 spiro atoms. The second kappa shape index (κ2) is 7.75. The third kappa shape index (κ3) is 4.74. The van der Waals surface area contributed by atoms with Gasteiger partial charge >= 0.3 is 5.97 Å². The summed E-state index contributed by atoms with van der Waals surface area (Å²) in [6, 6.07) is 5.58. The van der Waals surface area contributed by atoms with E-state index in [1.54, 1.807) is 6.07 Å². The lowest BCUT2D eigenvalue weighted by Crippen LogP contribution is -2.34. The van der Waals surface area contributed by atoms with E-state index in [4.69, 9.17) is 9.84 Å². The predicted octanol–water partition coefficient (Wildman–Crippen LogP) is 2.13. The standard InChI is InChI=1S/C15H23NO4/c1-4-12(16(2)8-7-15(18)19)9-11-5-6-13(17)14(10-11)20-3/h5-6,10,12,17H,4,7-9H2,1-3H3,(H,18,19). The number of nitrogens with zero attached hydrogens (tertiary/aromatic N) is 1. The van der Waals surface area contributed by atoms with E-state index in [1.807, 2.05) is 19.2 Å². The van der Waals surface area contributed by atoms with Crippen molar-refractivity contribution in [1.82, 2.24) is 4.90 Å². The van der Waals surface area contributed by atoms with Gasteiger partial charge in [0, 0.05) is 12.6 Å². The minimum absolute atomic E-state index is 0.128. The Hall–Kier alpha value is -1.75. The number of hydrogen-bond donors (Lipinski definition) is 2. The lowest BCUT2D eigenvalue weighted by atomic mass is 10.0. The molecule has 0 heterocycles. The van der Waals surface area contributed by atoms with Crippen LogP contribution in [0.25, 0.3) is 0 Å². The van der Waals surface area contributed by atoms with Gasteiger partial charge in [0.05, 0.1) is 13.5 Å². The molecule has 1 atom stereocenters. The number of benzene rings is 1. The van der Waals surface area contributed by atoms with Crippen molar-refractivity contribution in [2.75, 3.05) is 20.7 Å². The lowest BCUT2D eigenvalue weighted by Gasteiger charge is -2.26. The van der Waals surface area contributed by atoms with E-state index in [-0.39, 0.29) is 18.2 Å². The number of hydrogen-bond acceptors (Lipinski definition) is 4. The van der Waals surface area contributed by atoms with Crippen LogP contribution in [-0.2, 0) is 11.2 Å². The van der Waals surface area contributed by atoms with E-state index in [0.717, 1.165) is 18.4 Å². The minimum atomic E-state index is -0.780. The van der Waals surface area contributed by atoms with E-state index < -0.39 is 5.97 Å². The van der Waals surface area contributed by atoms with Gasteiger partial charge in [-0.05, 0) is 37.6 Å². The monoisotopic (exact) mass is 281 g/mol. The molecular weight excluding hydrogens is 258 g/mol. The molecule has 0 fully saturated rings. The van der Waals surface area contributed by atoms with Gasteiger partial charge in [-0.1, -0.05) is 13.0 Å². The van der Waals surface area contributed by atoms with Crippen molar-refractivity contribution in [2.45, 2.75) is 32.2 Å². The van der Waals surface area contributed by atoms with Gasteiger partial charge in [-0.15, -0.1) is 0 Å². The SMILES string of the molecule is CCC(Cc1ccc(O)c(OC)c1)N(C)CCC(=O)O. The maximum Gasteiger partial charge on any atom is 0.304 e. The summed E-state index contributed by atoms with van der Waals surface area (Å²) in [4.78, 5) is 12.7. The molecule has 0 aliphatic heterocycles. The molecule has 0 saturated heterocycles. The Balaban J connectivity index is 2.70. The van der Waals surface area contributed by atoms with Crippen LogP contribution in [0, 0.1) is 0 Å². The molecule has 5 heteroatoms. The van der Waals surface area contributed by atoms with E-state index in [1.165, 1.54) is 7.11 Å². The van der Waals surface area contributed by atoms with Crippen LogP contribution in [0.5, 0.6) is 11.5 Å². The maximum absolute atomic E-state index is 10.6. The second-order valence-corrected chi connectivity index (χ2v) is 4.90. The molecule has 1 unspecified atom stereocenters. The summed E-state index contributed by atoms with van der Waals surface area (Å²) < 4.78 is 5.10. The Bertz CT molecular complexity index is 447. The molecule has 0 radical (unpaired) electrons. The van der Waals surface area contributed by atoms with E-state index in [0.29, 0.717) is 12.3 Å². The van der Waals surface area contributed by atoms with E-state index in [9.17, 15) is 9.90 Å². The first-order chi connectivity index (χ1) is 9.47. The van der Waals surface area contributed by atoms with Gasteiger partial charge in [0.2, 0.25) is 0 Å². The number of carboxylic acid groups (broad SMARTS) is 1. The number of carboxylic acids is 1. The van der Waals surface area contributed by atoms with Gasteiger partial charge in [0.25, 0.3) is 0 Å². The zero-order valence-electron chi connectivity index (χ0n) is 12.3. The van der Waals surface area contributed by atoms with Crippen LogP contribution in [0.2, 0.25) is 0 Å². The Morgan fingerprint density at radius 1 is 1.45 bits per heavy atom. The first-order valence-corrected chi connectivity index (χ1v) is 6.75. The quantitative estimate of drug-likeness (QED) is 0.764. The summed E-state index contributed by atoms with van der Waals surface area (Å²) in [6.07, 6.45) is 1.87. The lowest BCUT2D eigenvalue weighted by molar-refractivity contribution is -0.137. The summed E-state index contributed by atoms with van der Waals surface area (Å²) in [5.74, 6) is -0.188. The zero-order chi connectivity index (χ0) is 15.1. The van der Waals surface area contributed by atoms with Gasteiger partial charge in [-0.25, -0.2) is 0 Å². The highest BCUT2D eigenvalue weighted by molar-refractivity contribution is 5.66. The molecule has 0 aromatic heterocycles. The van der Waals surface area contributed by atoms with Crippen molar-refractivity contribution >= 4 is 5.97 Å². The van der Waals surface area contributed by atoms with Crippen LogP contribution in [0.1, 0.15) is 25.3 Å². The van der Waals surface area contributed by atoms with Crippen molar-refractivity contribution in [3.05, 3.63) is 23.8 Å².